The van der Waals surface area contributed by atoms with Crippen molar-refractivity contribution < 1.29 is 5.11 Å². The zero-order valence-electron chi connectivity index (χ0n) is 17.2. The standard InChI is InChI=1S/C23H25N7O/c24-21-20-7-11-30(19-5-9-25-10-6-19)22(20)27-23(26-21)29-14-12-28(13-15-29)18-3-1-17(2-4-18)8-16-31/h1-7,9-11,31H,8,12-16H2,(H2,24,26,27). The largest absolute Gasteiger partial charge is 0.396 e. The maximum Gasteiger partial charge on any atom is 0.229 e. The van der Waals surface area contributed by atoms with E-state index in [9.17, 15) is 0 Å². The predicted octanol–water partition coefficient (Wildman–Crippen LogP) is 2.26. The molecule has 0 saturated carbocycles. The van der Waals surface area contributed by atoms with E-state index in [4.69, 9.17) is 15.8 Å². The van der Waals surface area contributed by atoms with Gasteiger partial charge in [0.25, 0.3) is 0 Å². The molecule has 8 nitrogen and oxygen atoms in total. The van der Waals surface area contributed by atoms with E-state index < -0.39 is 0 Å². The molecule has 4 heterocycles. The number of anilines is 3. The zero-order chi connectivity index (χ0) is 21.2. The third kappa shape index (κ3) is 3.77. The molecule has 1 aromatic carbocycles. The molecule has 31 heavy (non-hydrogen) atoms. The summed E-state index contributed by atoms with van der Waals surface area (Å²) >= 11 is 0. The monoisotopic (exact) mass is 415 g/mol. The van der Waals surface area contributed by atoms with Gasteiger partial charge in [0.1, 0.15) is 5.82 Å². The van der Waals surface area contributed by atoms with Crippen LogP contribution in [0.1, 0.15) is 5.56 Å². The van der Waals surface area contributed by atoms with E-state index in [1.807, 2.05) is 29.0 Å². The molecule has 1 aliphatic rings. The number of benzene rings is 1. The molecule has 1 aliphatic heterocycles. The molecule has 3 aromatic heterocycles. The molecule has 0 radical (unpaired) electrons. The van der Waals surface area contributed by atoms with Gasteiger partial charge in [0.05, 0.1) is 11.1 Å². The summed E-state index contributed by atoms with van der Waals surface area (Å²) in [6, 6.07) is 14.3. The second kappa shape index (κ2) is 8.23. The van der Waals surface area contributed by atoms with Gasteiger partial charge in [0, 0.05) is 57.1 Å². The fourth-order valence-electron chi connectivity index (χ4n) is 4.05. The number of aromatic nitrogens is 4. The fourth-order valence-corrected chi connectivity index (χ4v) is 4.05. The van der Waals surface area contributed by atoms with E-state index in [2.05, 4.69) is 44.0 Å². The first-order valence-corrected chi connectivity index (χ1v) is 10.5. The molecule has 0 bridgehead atoms. The number of fused-ring (bicyclic) bond motifs is 1. The Balaban J connectivity index is 1.36. The lowest BCUT2D eigenvalue weighted by Gasteiger charge is -2.36. The van der Waals surface area contributed by atoms with Crippen LogP contribution in [0.25, 0.3) is 16.7 Å². The number of piperazine rings is 1. The Kier molecular flexibility index (Phi) is 5.13. The normalized spacial score (nSPS) is 14.4. The van der Waals surface area contributed by atoms with Crippen molar-refractivity contribution in [3.8, 4) is 5.69 Å². The minimum absolute atomic E-state index is 0.177. The van der Waals surface area contributed by atoms with Crippen LogP contribution < -0.4 is 15.5 Å². The van der Waals surface area contributed by atoms with Crippen molar-refractivity contribution in [3.05, 3.63) is 66.6 Å². The summed E-state index contributed by atoms with van der Waals surface area (Å²) in [5, 5.41) is 9.94. The molecule has 0 amide bonds. The van der Waals surface area contributed by atoms with Gasteiger partial charge in [0.2, 0.25) is 5.95 Å². The Hall–Kier alpha value is -3.65. The highest BCUT2D eigenvalue weighted by Crippen LogP contribution is 2.26. The maximum atomic E-state index is 9.09. The fraction of sp³-hybridized carbons (Fsp3) is 0.261. The molecule has 1 fully saturated rings. The van der Waals surface area contributed by atoms with Gasteiger partial charge in [-0.3, -0.25) is 4.98 Å². The van der Waals surface area contributed by atoms with Crippen LogP contribution >= 0.6 is 0 Å². The summed E-state index contributed by atoms with van der Waals surface area (Å²) in [4.78, 5) is 18.1. The summed E-state index contributed by atoms with van der Waals surface area (Å²) in [7, 11) is 0. The van der Waals surface area contributed by atoms with Gasteiger partial charge in [-0.25, -0.2) is 0 Å². The molecule has 158 valence electrons. The minimum Gasteiger partial charge on any atom is -0.396 e. The minimum atomic E-state index is 0.177. The van der Waals surface area contributed by atoms with Crippen LogP contribution in [0, 0.1) is 0 Å². The van der Waals surface area contributed by atoms with Crippen LogP contribution in [-0.4, -0.2) is 57.4 Å². The van der Waals surface area contributed by atoms with Gasteiger partial charge in [-0.1, -0.05) is 12.1 Å². The van der Waals surface area contributed by atoms with Gasteiger partial charge < -0.3 is 25.2 Å². The Morgan fingerprint density at radius 2 is 1.55 bits per heavy atom. The number of pyridine rings is 1. The quantitative estimate of drug-likeness (QED) is 0.516. The SMILES string of the molecule is Nc1nc(N2CCN(c3ccc(CCO)cc3)CC2)nc2c1ccn2-c1ccncc1. The molecular formula is C23H25N7O. The molecule has 8 heteroatoms. The molecular weight excluding hydrogens is 390 g/mol. The molecule has 3 N–H and O–H groups in total. The van der Waals surface area contributed by atoms with E-state index in [-0.39, 0.29) is 6.61 Å². The van der Waals surface area contributed by atoms with Crippen molar-refractivity contribution in [2.45, 2.75) is 6.42 Å². The third-order valence-corrected chi connectivity index (χ3v) is 5.77. The van der Waals surface area contributed by atoms with Crippen LogP contribution in [-0.2, 0) is 6.42 Å². The van der Waals surface area contributed by atoms with Crippen LogP contribution in [0.2, 0.25) is 0 Å². The number of hydrogen-bond acceptors (Lipinski definition) is 7. The first-order valence-electron chi connectivity index (χ1n) is 10.5. The highest BCUT2D eigenvalue weighted by molar-refractivity contribution is 5.88. The van der Waals surface area contributed by atoms with Crippen molar-refractivity contribution in [2.24, 2.45) is 0 Å². The van der Waals surface area contributed by atoms with Gasteiger partial charge in [-0.15, -0.1) is 0 Å². The Morgan fingerprint density at radius 3 is 2.26 bits per heavy atom. The lowest BCUT2D eigenvalue weighted by Crippen LogP contribution is -2.47. The average molecular weight is 416 g/mol. The average Bonchev–Trinajstić information content (AvgIpc) is 3.25. The summed E-state index contributed by atoms with van der Waals surface area (Å²) in [6.45, 7) is 3.58. The van der Waals surface area contributed by atoms with Gasteiger partial charge in [0.15, 0.2) is 5.65 Å². The Bertz CT molecular complexity index is 1170. The number of rotatable bonds is 5. The second-order valence-corrected chi connectivity index (χ2v) is 7.65. The number of nitrogens with zero attached hydrogens (tertiary/aromatic N) is 6. The number of aliphatic hydroxyl groups is 1. The number of nitrogen functional groups attached to an aromatic ring is 1. The third-order valence-electron chi connectivity index (χ3n) is 5.77. The number of nitrogens with two attached hydrogens (primary N) is 1. The van der Waals surface area contributed by atoms with Crippen molar-refractivity contribution in [1.29, 1.82) is 0 Å². The molecule has 0 atom stereocenters. The smallest absolute Gasteiger partial charge is 0.229 e. The van der Waals surface area contributed by atoms with Crippen LogP contribution in [0.4, 0.5) is 17.5 Å². The van der Waals surface area contributed by atoms with E-state index in [0.29, 0.717) is 18.2 Å². The molecule has 0 spiro atoms. The van der Waals surface area contributed by atoms with Crippen molar-refractivity contribution in [2.75, 3.05) is 48.3 Å². The van der Waals surface area contributed by atoms with Crippen LogP contribution in [0.5, 0.6) is 0 Å². The zero-order valence-corrected chi connectivity index (χ0v) is 17.2. The van der Waals surface area contributed by atoms with Crippen LogP contribution in [0.15, 0.2) is 61.1 Å². The van der Waals surface area contributed by atoms with Gasteiger partial charge >= 0.3 is 0 Å². The summed E-state index contributed by atoms with van der Waals surface area (Å²) < 4.78 is 2.02. The Labute approximate surface area is 180 Å². The van der Waals surface area contributed by atoms with E-state index in [1.54, 1.807) is 12.4 Å². The highest BCUT2D eigenvalue weighted by atomic mass is 16.2. The second-order valence-electron chi connectivity index (χ2n) is 7.65. The topological polar surface area (TPSA) is 96.3 Å². The lowest BCUT2D eigenvalue weighted by molar-refractivity contribution is 0.299. The van der Waals surface area contributed by atoms with Crippen molar-refractivity contribution >= 4 is 28.5 Å². The molecule has 0 unspecified atom stereocenters. The summed E-state index contributed by atoms with van der Waals surface area (Å²) in [5.41, 5.74) is 10.4. The van der Waals surface area contributed by atoms with E-state index >= 15 is 0 Å². The first kappa shape index (κ1) is 19.3. The van der Waals surface area contributed by atoms with E-state index in [0.717, 1.165) is 48.5 Å². The predicted molar refractivity (Wildman–Crippen MR) is 123 cm³/mol. The first-order chi connectivity index (χ1) is 15.2. The highest BCUT2D eigenvalue weighted by Gasteiger charge is 2.21. The lowest BCUT2D eigenvalue weighted by atomic mass is 10.1. The summed E-state index contributed by atoms with van der Waals surface area (Å²) in [6.07, 6.45) is 6.19. The number of aliphatic hydroxyl groups excluding tert-OH is 1. The molecule has 0 aliphatic carbocycles. The van der Waals surface area contributed by atoms with E-state index in [1.165, 1.54) is 5.69 Å². The molecule has 5 rings (SSSR count). The van der Waals surface area contributed by atoms with Gasteiger partial charge in [-0.2, -0.15) is 9.97 Å². The van der Waals surface area contributed by atoms with Crippen molar-refractivity contribution in [1.82, 2.24) is 19.5 Å². The van der Waals surface area contributed by atoms with Gasteiger partial charge in [-0.05, 0) is 42.3 Å². The maximum absolute atomic E-state index is 9.09. The molecule has 4 aromatic rings. The number of hydrogen-bond donors (Lipinski definition) is 2. The van der Waals surface area contributed by atoms with Crippen LogP contribution in [0.3, 0.4) is 0 Å². The Morgan fingerprint density at radius 1 is 0.839 bits per heavy atom. The molecule has 1 saturated heterocycles. The summed E-state index contributed by atoms with van der Waals surface area (Å²) in [5.74, 6) is 1.16. The van der Waals surface area contributed by atoms with Crippen molar-refractivity contribution in [3.63, 3.8) is 0 Å².